The third-order valence-corrected chi connectivity index (χ3v) is 7.04. The first-order valence-electron chi connectivity index (χ1n) is 9.18. The Morgan fingerprint density at radius 3 is 2.29 bits per heavy atom. The zero-order chi connectivity index (χ0) is 20.2. The van der Waals surface area contributed by atoms with Crippen molar-refractivity contribution < 1.29 is 18.0 Å². The third kappa shape index (κ3) is 6.01. The number of carbonyl (C=O) groups excluding carboxylic acids is 2. The van der Waals surface area contributed by atoms with E-state index >= 15 is 0 Å². The van der Waals surface area contributed by atoms with E-state index < -0.39 is 10.0 Å². The Kier molecular flexibility index (Phi) is 8.62. The van der Waals surface area contributed by atoms with Gasteiger partial charge in [0.25, 0.3) is 0 Å². The van der Waals surface area contributed by atoms with E-state index in [1.807, 2.05) is 6.92 Å². The second kappa shape index (κ2) is 9.82. The Balaban J connectivity index is 0.00000392. The summed E-state index contributed by atoms with van der Waals surface area (Å²) in [6.07, 6.45) is 2.82. The molecule has 0 aromatic heterocycles. The summed E-state index contributed by atoms with van der Waals surface area (Å²) in [5.74, 6) is 0.216. The summed E-state index contributed by atoms with van der Waals surface area (Å²) in [7, 11) is -2.17. The Morgan fingerprint density at radius 2 is 1.82 bits per heavy atom. The zero-order valence-electron chi connectivity index (χ0n) is 16.6. The van der Waals surface area contributed by atoms with Gasteiger partial charge in [0.15, 0.2) is 5.78 Å². The lowest BCUT2D eigenvalue weighted by Crippen LogP contribution is -2.53. The smallest absolute Gasteiger partial charge is 0.242 e. The van der Waals surface area contributed by atoms with Crippen LogP contribution in [-0.2, 0) is 14.8 Å². The van der Waals surface area contributed by atoms with Crippen LogP contribution in [0, 0.1) is 5.92 Å². The number of carbonyl (C=O) groups is 2. The van der Waals surface area contributed by atoms with Crippen molar-refractivity contribution in [3.05, 3.63) is 29.8 Å². The molecule has 7 nitrogen and oxygen atoms in total. The van der Waals surface area contributed by atoms with E-state index in [9.17, 15) is 18.0 Å². The number of nitrogens with zero attached hydrogens (tertiary/aromatic N) is 1. The quantitative estimate of drug-likeness (QED) is 0.550. The van der Waals surface area contributed by atoms with Gasteiger partial charge in [-0.3, -0.25) is 9.59 Å². The molecule has 158 valence electrons. The third-order valence-electron chi connectivity index (χ3n) is 5.17. The summed E-state index contributed by atoms with van der Waals surface area (Å²) in [6, 6.07) is 5.86. The van der Waals surface area contributed by atoms with Gasteiger partial charge in [0, 0.05) is 32.1 Å². The van der Waals surface area contributed by atoms with Crippen molar-refractivity contribution in [2.45, 2.75) is 50.0 Å². The van der Waals surface area contributed by atoms with Gasteiger partial charge in [-0.1, -0.05) is 12.1 Å². The van der Waals surface area contributed by atoms with Crippen molar-refractivity contribution >= 4 is 34.1 Å². The maximum absolute atomic E-state index is 12.6. The van der Waals surface area contributed by atoms with E-state index in [-0.39, 0.29) is 47.5 Å². The SMILES string of the molecule is CC(=O)c1ccc(S(=O)(=O)N(C)CCCC(=O)NC(C)(CN)C2CC2)cc1.Cl. The van der Waals surface area contributed by atoms with Gasteiger partial charge in [0.1, 0.15) is 0 Å². The molecule has 1 amide bonds. The lowest BCUT2D eigenvalue weighted by atomic mass is 9.95. The summed E-state index contributed by atoms with van der Waals surface area (Å²) in [4.78, 5) is 23.6. The van der Waals surface area contributed by atoms with Crippen molar-refractivity contribution in [1.29, 1.82) is 0 Å². The van der Waals surface area contributed by atoms with E-state index in [0.717, 1.165) is 12.8 Å². The summed E-state index contributed by atoms with van der Waals surface area (Å²) in [5, 5.41) is 3.00. The van der Waals surface area contributed by atoms with E-state index in [4.69, 9.17) is 5.73 Å². The van der Waals surface area contributed by atoms with Gasteiger partial charge in [0.05, 0.1) is 10.4 Å². The van der Waals surface area contributed by atoms with Gasteiger partial charge in [-0.25, -0.2) is 12.7 Å². The maximum atomic E-state index is 12.6. The average molecular weight is 432 g/mol. The number of ketones is 1. The molecule has 0 aliphatic heterocycles. The van der Waals surface area contributed by atoms with Crippen LogP contribution in [0.5, 0.6) is 0 Å². The minimum Gasteiger partial charge on any atom is -0.349 e. The molecule has 1 atom stereocenters. The molecule has 1 saturated carbocycles. The standard InChI is InChI=1S/C19H29N3O4S.ClH/c1-14(23)15-6-10-17(11-7-15)27(25,26)22(3)12-4-5-18(24)21-19(2,13-20)16-8-9-16;/h6-7,10-11,16H,4-5,8-9,12-13,20H2,1-3H3,(H,21,24);1H. The normalized spacial score (nSPS) is 16.2. The monoisotopic (exact) mass is 431 g/mol. The van der Waals surface area contributed by atoms with Crippen LogP contribution in [0.3, 0.4) is 0 Å². The second-order valence-corrected chi connectivity index (χ2v) is 9.50. The van der Waals surface area contributed by atoms with Crippen molar-refractivity contribution in [2.24, 2.45) is 11.7 Å². The number of benzene rings is 1. The van der Waals surface area contributed by atoms with Crippen molar-refractivity contribution in [1.82, 2.24) is 9.62 Å². The molecule has 9 heteroatoms. The molecule has 0 saturated heterocycles. The van der Waals surface area contributed by atoms with Gasteiger partial charge < -0.3 is 11.1 Å². The van der Waals surface area contributed by atoms with Crippen molar-refractivity contribution in [2.75, 3.05) is 20.1 Å². The van der Waals surface area contributed by atoms with Gasteiger partial charge in [0.2, 0.25) is 15.9 Å². The number of hydrogen-bond donors (Lipinski definition) is 2. The molecule has 1 unspecified atom stereocenters. The molecule has 28 heavy (non-hydrogen) atoms. The molecular weight excluding hydrogens is 402 g/mol. The number of rotatable bonds is 10. The van der Waals surface area contributed by atoms with Crippen LogP contribution in [0.2, 0.25) is 0 Å². The molecule has 2 rings (SSSR count). The Morgan fingerprint density at radius 1 is 1.25 bits per heavy atom. The number of hydrogen-bond acceptors (Lipinski definition) is 5. The van der Waals surface area contributed by atoms with Crippen LogP contribution in [0.15, 0.2) is 29.2 Å². The zero-order valence-corrected chi connectivity index (χ0v) is 18.2. The predicted octanol–water partition coefficient (Wildman–Crippen LogP) is 1.96. The van der Waals surface area contributed by atoms with Crippen LogP contribution >= 0.6 is 12.4 Å². The Hall–Kier alpha value is -1.48. The topological polar surface area (TPSA) is 110 Å². The molecule has 1 aliphatic rings. The molecule has 0 bridgehead atoms. The number of nitrogens with two attached hydrogens (primary N) is 1. The Labute approximate surface area is 173 Å². The van der Waals surface area contributed by atoms with Crippen molar-refractivity contribution in [3.63, 3.8) is 0 Å². The highest BCUT2D eigenvalue weighted by Crippen LogP contribution is 2.39. The molecule has 1 aromatic rings. The molecule has 1 fully saturated rings. The Bertz CT molecular complexity index is 794. The highest BCUT2D eigenvalue weighted by Gasteiger charge is 2.41. The number of sulfonamides is 1. The minimum atomic E-state index is -3.65. The van der Waals surface area contributed by atoms with Gasteiger partial charge in [-0.2, -0.15) is 0 Å². The molecule has 3 N–H and O–H groups in total. The van der Waals surface area contributed by atoms with E-state index in [1.54, 1.807) is 0 Å². The van der Waals surface area contributed by atoms with Crippen LogP contribution in [0.25, 0.3) is 0 Å². The summed E-state index contributed by atoms with van der Waals surface area (Å²) in [5.41, 5.74) is 5.90. The lowest BCUT2D eigenvalue weighted by Gasteiger charge is -2.29. The fourth-order valence-electron chi connectivity index (χ4n) is 3.05. The highest BCUT2D eigenvalue weighted by molar-refractivity contribution is 7.89. The predicted molar refractivity (Wildman–Crippen MR) is 111 cm³/mol. The first kappa shape index (κ1) is 24.6. The van der Waals surface area contributed by atoms with E-state index in [2.05, 4.69) is 5.32 Å². The first-order valence-corrected chi connectivity index (χ1v) is 10.6. The molecule has 0 heterocycles. The van der Waals surface area contributed by atoms with Gasteiger partial charge in [-0.15, -0.1) is 12.4 Å². The summed E-state index contributed by atoms with van der Waals surface area (Å²) in [6.45, 7) is 4.02. The maximum Gasteiger partial charge on any atom is 0.242 e. The molecule has 1 aliphatic carbocycles. The van der Waals surface area contributed by atoms with Crippen LogP contribution < -0.4 is 11.1 Å². The highest BCUT2D eigenvalue weighted by atomic mass is 35.5. The van der Waals surface area contributed by atoms with Crippen molar-refractivity contribution in [3.8, 4) is 0 Å². The molecule has 0 radical (unpaired) electrons. The largest absolute Gasteiger partial charge is 0.349 e. The van der Waals surface area contributed by atoms with Gasteiger partial charge >= 0.3 is 0 Å². The number of Topliss-reactive ketones (excluding diaryl/α,β-unsaturated/α-hetero) is 1. The molecule has 1 aromatic carbocycles. The molecular formula is C19H30ClN3O4S. The first-order chi connectivity index (χ1) is 12.6. The van der Waals surface area contributed by atoms with E-state index in [0.29, 0.717) is 24.4 Å². The lowest BCUT2D eigenvalue weighted by molar-refractivity contribution is -0.123. The minimum absolute atomic E-state index is 0. The summed E-state index contributed by atoms with van der Waals surface area (Å²) < 4.78 is 26.4. The fourth-order valence-corrected chi connectivity index (χ4v) is 4.25. The van der Waals surface area contributed by atoms with Crippen LogP contribution in [0.4, 0.5) is 0 Å². The summed E-state index contributed by atoms with van der Waals surface area (Å²) >= 11 is 0. The van der Waals surface area contributed by atoms with E-state index in [1.165, 1.54) is 42.5 Å². The van der Waals surface area contributed by atoms with Gasteiger partial charge in [-0.05, 0) is 51.2 Å². The fraction of sp³-hybridized carbons (Fsp3) is 0.579. The number of halogens is 1. The van der Waals surface area contributed by atoms with Crippen LogP contribution in [-0.4, -0.2) is 50.1 Å². The average Bonchev–Trinajstić information content (AvgIpc) is 3.47. The number of nitrogens with one attached hydrogen (secondary N) is 1. The molecule has 0 spiro atoms. The number of amides is 1. The van der Waals surface area contributed by atoms with Crippen LogP contribution in [0.1, 0.15) is 49.9 Å². The second-order valence-electron chi connectivity index (χ2n) is 7.45.